The molecule has 0 bridgehead atoms. The zero-order chi connectivity index (χ0) is 10.6. The van der Waals surface area contributed by atoms with Crippen LogP contribution in [0, 0.1) is 0 Å². The first-order chi connectivity index (χ1) is 6.69. The average Bonchev–Trinajstić information content (AvgIpc) is 2.18. The van der Waals surface area contributed by atoms with Gasteiger partial charge in [0.1, 0.15) is 0 Å². The Labute approximate surface area is 85.4 Å². The van der Waals surface area contributed by atoms with Crippen LogP contribution in [0.4, 0.5) is 11.4 Å². The molecule has 0 saturated carbocycles. The first kappa shape index (κ1) is 10.6. The molecule has 0 unspecified atom stereocenters. The molecule has 2 heteroatoms. The second-order valence-electron chi connectivity index (χ2n) is 3.45. The van der Waals surface area contributed by atoms with Crippen molar-refractivity contribution in [2.24, 2.45) is 9.98 Å². The van der Waals surface area contributed by atoms with Crippen LogP contribution in [0.25, 0.3) is 0 Å². The van der Waals surface area contributed by atoms with Crippen LogP contribution in [-0.4, -0.2) is 12.9 Å². The topological polar surface area (TPSA) is 24.7 Å². The van der Waals surface area contributed by atoms with Crippen LogP contribution in [0.3, 0.4) is 0 Å². The lowest BCUT2D eigenvalue weighted by Crippen LogP contribution is -1.85. The highest BCUT2D eigenvalue weighted by atomic mass is 14.8. The minimum Gasteiger partial charge on any atom is -0.262 e. The third-order valence-electron chi connectivity index (χ3n) is 2.10. The first-order valence-corrected chi connectivity index (χ1v) is 4.78. The van der Waals surface area contributed by atoms with Crippen LogP contribution in [0.2, 0.25) is 0 Å². The lowest BCUT2D eigenvalue weighted by molar-refractivity contribution is 0.867. The molecule has 0 heterocycles. The molecule has 1 aromatic rings. The van der Waals surface area contributed by atoms with E-state index >= 15 is 0 Å². The average molecular weight is 188 g/mol. The van der Waals surface area contributed by atoms with Gasteiger partial charge >= 0.3 is 0 Å². The van der Waals surface area contributed by atoms with Crippen molar-refractivity contribution in [3.63, 3.8) is 0 Å². The standard InChI is InChI=1S/C12H16N2/c1-5-14-11-7-6-10(9(2)3)8-12(11)13-4/h5-9H,4H2,1-3H3/b14-5-. The maximum absolute atomic E-state index is 4.22. The third kappa shape index (κ3) is 2.28. The van der Waals surface area contributed by atoms with Gasteiger partial charge in [-0.3, -0.25) is 9.98 Å². The molecule has 2 nitrogen and oxygen atoms in total. The van der Waals surface area contributed by atoms with E-state index in [0.29, 0.717) is 5.92 Å². The van der Waals surface area contributed by atoms with Crippen molar-refractivity contribution in [2.75, 3.05) is 0 Å². The molecule has 0 amide bonds. The zero-order valence-corrected chi connectivity index (χ0v) is 8.99. The maximum atomic E-state index is 4.22. The van der Waals surface area contributed by atoms with Crippen LogP contribution < -0.4 is 0 Å². The van der Waals surface area contributed by atoms with Crippen LogP contribution >= 0.6 is 0 Å². The van der Waals surface area contributed by atoms with E-state index in [1.807, 2.05) is 19.1 Å². The molecular weight excluding hydrogens is 172 g/mol. The fourth-order valence-corrected chi connectivity index (χ4v) is 1.27. The molecule has 14 heavy (non-hydrogen) atoms. The van der Waals surface area contributed by atoms with Gasteiger partial charge in [0, 0.05) is 6.21 Å². The van der Waals surface area contributed by atoms with E-state index < -0.39 is 0 Å². The zero-order valence-electron chi connectivity index (χ0n) is 8.99. The predicted octanol–water partition coefficient (Wildman–Crippen LogP) is 3.86. The fourth-order valence-electron chi connectivity index (χ4n) is 1.27. The monoisotopic (exact) mass is 188 g/mol. The van der Waals surface area contributed by atoms with Gasteiger partial charge in [0.15, 0.2) is 0 Å². The van der Waals surface area contributed by atoms with E-state index in [0.717, 1.165) is 11.4 Å². The van der Waals surface area contributed by atoms with E-state index in [9.17, 15) is 0 Å². The summed E-state index contributed by atoms with van der Waals surface area (Å²) in [6.07, 6.45) is 1.76. The van der Waals surface area contributed by atoms with Crippen molar-refractivity contribution in [1.29, 1.82) is 0 Å². The lowest BCUT2D eigenvalue weighted by Gasteiger charge is -2.07. The summed E-state index contributed by atoms with van der Waals surface area (Å²) < 4.78 is 0. The SMILES string of the molecule is C=Nc1cc(C(C)C)ccc1/N=C\C. The van der Waals surface area contributed by atoms with Gasteiger partial charge in [0.2, 0.25) is 0 Å². The van der Waals surface area contributed by atoms with Gasteiger partial charge in [-0.2, -0.15) is 0 Å². The summed E-state index contributed by atoms with van der Waals surface area (Å²) >= 11 is 0. The van der Waals surface area contributed by atoms with E-state index in [1.54, 1.807) is 6.21 Å². The Bertz CT molecular complexity index is 351. The molecule has 0 aliphatic rings. The second kappa shape index (κ2) is 4.70. The van der Waals surface area contributed by atoms with Gasteiger partial charge in [0.05, 0.1) is 11.4 Å². The Morgan fingerprint density at radius 1 is 1.29 bits per heavy atom. The van der Waals surface area contributed by atoms with Crippen molar-refractivity contribution in [1.82, 2.24) is 0 Å². The van der Waals surface area contributed by atoms with Crippen LogP contribution in [0.15, 0.2) is 28.2 Å². The fraction of sp³-hybridized carbons (Fsp3) is 0.333. The molecule has 0 fully saturated rings. The van der Waals surface area contributed by atoms with Gasteiger partial charge < -0.3 is 0 Å². The summed E-state index contributed by atoms with van der Waals surface area (Å²) in [7, 11) is 0. The molecule has 0 N–H and O–H groups in total. The van der Waals surface area contributed by atoms with Gasteiger partial charge in [0.25, 0.3) is 0 Å². The summed E-state index contributed by atoms with van der Waals surface area (Å²) in [6.45, 7) is 9.76. The molecule has 0 saturated heterocycles. The van der Waals surface area contributed by atoms with E-state index in [2.05, 4.69) is 36.6 Å². The Balaban J connectivity index is 3.17. The molecule has 0 spiro atoms. The molecular formula is C12H16N2. The largest absolute Gasteiger partial charge is 0.262 e. The molecule has 0 aliphatic carbocycles. The van der Waals surface area contributed by atoms with Gasteiger partial charge in [-0.25, -0.2) is 0 Å². The van der Waals surface area contributed by atoms with Crippen molar-refractivity contribution in [2.45, 2.75) is 26.7 Å². The highest BCUT2D eigenvalue weighted by molar-refractivity contribution is 5.71. The quantitative estimate of drug-likeness (QED) is 0.643. The molecule has 74 valence electrons. The molecule has 0 radical (unpaired) electrons. The van der Waals surface area contributed by atoms with Crippen molar-refractivity contribution in [3.05, 3.63) is 23.8 Å². The number of benzene rings is 1. The molecule has 0 atom stereocenters. The van der Waals surface area contributed by atoms with E-state index in [4.69, 9.17) is 0 Å². The second-order valence-corrected chi connectivity index (χ2v) is 3.45. The lowest BCUT2D eigenvalue weighted by atomic mass is 10.0. The summed E-state index contributed by atoms with van der Waals surface area (Å²) in [6, 6.07) is 6.11. The highest BCUT2D eigenvalue weighted by Crippen LogP contribution is 2.30. The first-order valence-electron chi connectivity index (χ1n) is 4.78. The van der Waals surface area contributed by atoms with Gasteiger partial charge in [-0.15, -0.1) is 0 Å². The Kier molecular flexibility index (Phi) is 3.57. The maximum Gasteiger partial charge on any atom is 0.0881 e. The Hall–Kier alpha value is -1.44. The number of hydrogen-bond acceptors (Lipinski definition) is 2. The molecule has 1 aromatic carbocycles. The van der Waals surface area contributed by atoms with Gasteiger partial charge in [-0.1, -0.05) is 19.9 Å². The smallest absolute Gasteiger partial charge is 0.0881 e. The number of nitrogens with zero attached hydrogens (tertiary/aromatic N) is 2. The van der Waals surface area contributed by atoms with E-state index in [-0.39, 0.29) is 0 Å². The minimum atomic E-state index is 0.509. The molecule has 0 aromatic heterocycles. The summed E-state index contributed by atoms with van der Waals surface area (Å²) in [5.41, 5.74) is 3.00. The van der Waals surface area contributed by atoms with Crippen LogP contribution in [-0.2, 0) is 0 Å². The Morgan fingerprint density at radius 2 is 2.00 bits per heavy atom. The third-order valence-corrected chi connectivity index (χ3v) is 2.10. The van der Waals surface area contributed by atoms with Crippen LogP contribution in [0.5, 0.6) is 0 Å². The summed E-state index contributed by atoms with van der Waals surface area (Å²) in [5.74, 6) is 0.509. The molecule has 1 rings (SSSR count). The minimum absolute atomic E-state index is 0.509. The number of rotatable bonds is 3. The number of hydrogen-bond donors (Lipinski definition) is 0. The van der Waals surface area contributed by atoms with E-state index in [1.165, 1.54) is 5.56 Å². The summed E-state index contributed by atoms with van der Waals surface area (Å²) in [4.78, 5) is 8.19. The van der Waals surface area contributed by atoms with Gasteiger partial charge in [-0.05, 0) is 37.3 Å². The number of aliphatic imine (C=N–C) groups is 2. The predicted molar refractivity (Wildman–Crippen MR) is 63.6 cm³/mol. The van der Waals surface area contributed by atoms with Crippen molar-refractivity contribution in [3.8, 4) is 0 Å². The Morgan fingerprint density at radius 3 is 2.50 bits per heavy atom. The highest BCUT2D eigenvalue weighted by Gasteiger charge is 2.03. The molecule has 0 aliphatic heterocycles. The summed E-state index contributed by atoms with van der Waals surface area (Å²) in [5, 5.41) is 0. The van der Waals surface area contributed by atoms with Crippen molar-refractivity contribution >= 4 is 24.3 Å². The van der Waals surface area contributed by atoms with Crippen molar-refractivity contribution < 1.29 is 0 Å². The van der Waals surface area contributed by atoms with Crippen LogP contribution in [0.1, 0.15) is 32.3 Å². The normalized spacial score (nSPS) is 11.1.